The van der Waals surface area contributed by atoms with Gasteiger partial charge in [-0.1, -0.05) is 17.7 Å². The predicted octanol–water partition coefficient (Wildman–Crippen LogP) is 3.21. The minimum atomic E-state index is -0.333. The summed E-state index contributed by atoms with van der Waals surface area (Å²) in [4.78, 5) is 10.8. The predicted molar refractivity (Wildman–Crippen MR) is 104 cm³/mol. The van der Waals surface area contributed by atoms with Crippen molar-refractivity contribution in [1.29, 1.82) is 0 Å². The van der Waals surface area contributed by atoms with Crippen LogP contribution in [-0.4, -0.2) is 36.6 Å². The van der Waals surface area contributed by atoms with Gasteiger partial charge >= 0.3 is 0 Å². The number of rotatable bonds is 5. The number of anilines is 1. The van der Waals surface area contributed by atoms with Crippen molar-refractivity contribution in [3.8, 4) is 0 Å². The van der Waals surface area contributed by atoms with Gasteiger partial charge in [-0.05, 0) is 43.7 Å². The summed E-state index contributed by atoms with van der Waals surface area (Å²) in [6.07, 6.45) is 2.57. The van der Waals surface area contributed by atoms with Gasteiger partial charge in [0.05, 0.1) is 12.2 Å². The fourth-order valence-electron chi connectivity index (χ4n) is 2.99. The molecule has 0 amide bonds. The van der Waals surface area contributed by atoms with E-state index in [1.54, 1.807) is 12.3 Å². The second-order valence-electron chi connectivity index (χ2n) is 6.18. The summed E-state index contributed by atoms with van der Waals surface area (Å²) in [5, 5.41) is 7.39. The summed E-state index contributed by atoms with van der Waals surface area (Å²) in [6.45, 7) is 4.76. The molecule has 1 aliphatic heterocycles. The number of hydrogen-bond acceptors (Lipinski definition) is 3. The molecule has 2 heterocycles. The van der Waals surface area contributed by atoms with Gasteiger partial charge in [0.2, 0.25) is 0 Å². The summed E-state index contributed by atoms with van der Waals surface area (Å²) in [5.41, 5.74) is 1.47. The van der Waals surface area contributed by atoms with Gasteiger partial charge in [0, 0.05) is 42.6 Å². The van der Waals surface area contributed by atoms with Crippen LogP contribution in [-0.2, 0) is 6.54 Å². The van der Waals surface area contributed by atoms with E-state index in [2.05, 4.69) is 31.6 Å². The highest BCUT2D eigenvalue weighted by Crippen LogP contribution is 2.23. The van der Waals surface area contributed by atoms with Crippen molar-refractivity contribution in [2.24, 2.45) is 4.99 Å². The second kappa shape index (κ2) is 8.85. The van der Waals surface area contributed by atoms with Crippen LogP contribution in [0.5, 0.6) is 0 Å². The number of benzene rings is 1. The third kappa shape index (κ3) is 4.85. The maximum absolute atomic E-state index is 13.7. The second-order valence-corrected chi connectivity index (χ2v) is 6.62. The number of guanidine groups is 1. The Morgan fingerprint density at radius 3 is 3.04 bits per heavy atom. The van der Waals surface area contributed by atoms with Crippen molar-refractivity contribution in [1.82, 2.24) is 15.6 Å². The molecule has 1 aromatic carbocycles. The Balaban J connectivity index is 1.61. The number of hydrogen-bond donors (Lipinski definition) is 2. The topological polar surface area (TPSA) is 52.6 Å². The van der Waals surface area contributed by atoms with E-state index in [1.807, 2.05) is 25.1 Å². The highest BCUT2D eigenvalue weighted by molar-refractivity contribution is 6.30. The SMILES string of the molecule is CCNC(=NCc1ncccc1F)NC1CCN(c2cccc(Cl)c2)C1. The zero-order valence-electron chi connectivity index (χ0n) is 14.8. The van der Waals surface area contributed by atoms with Gasteiger partial charge in [0.25, 0.3) is 0 Å². The molecule has 2 aromatic rings. The van der Waals surface area contributed by atoms with Crippen LogP contribution >= 0.6 is 11.6 Å². The van der Waals surface area contributed by atoms with E-state index in [0.29, 0.717) is 11.7 Å². The van der Waals surface area contributed by atoms with Crippen LogP contribution in [0.15, 0.2) is 47.6 Å². The van der Waals surface area contributed by atoms with Gasteiger partial charge < -0.3 is 15.5 Å². The van der Waals surface area contributed by atoms with Crippen LogP contribution in [0.3, 0.4) is 0 Å². The molecular formula is C19H23ClFN5. The summed E-state index contributed by atoms with van der Waals surface area (Å²) in [7, 11) is 0. The van der Waals surface area contributed by atoms with E-state index < -0.39 is 0 Å². The summed E-state index contributed by atoms with van der Waals surface area (Å²) in [6, 6.07) is 11.1. The van der Waals surface area contributed by atoms with E-state index >= 15 is 0 Å². The Labute approximate surface area is 158 Å². The van der Waals surface area contributed by atoms with Crippen molar-refractivity contribution in [3.63, 3.8) is 0 Å². The lowest BCUT2D eigenvalue weighted by molar-refractivity contribution is 0.598. The molecule has 138 valence electrons. The minimum absolute atomic E-state index is 0.201. The fraction of sp³-hybridized carbons (Fsp3) is 0.368. The Hall–Kier alpha value is -2.34. The molecule has 26 heavy (non-hydrogen) atoms. The Morgan fingerprint density at radius 2 is 2.27 bits per heavy atom. The van der Waals surface area contributed by atoms with Crippen LogP contribution in [0.2, 0.25) is 5.02 Å². The van der Waals surface area contributed by atoms with Gasteiger partial charge in [-0.2, -0.15) is 0 Å². The molecule has 1 atom stereocenters. The number of nitrogens with one attached hydrogen (secondary N) is 2. The maximum Gasteiger partial charge on any atom is 0.191 e. The third-order valence-corrected chi connectivity index (χ3v) is 4.50. The van der Waals surface area contributed by atoms with E-state index in [9.17, 15) is 4.39 Å². The molecule has 1 aliphatic rings. The normalized spacial score (nSPS) is 17.4. The quantitative estimate of drug-likeness (QED) is 0.622. The Morgan fingerprint density at radius 1 is 1.38 bits per heavy atom. The summed E-state index contributed by atoms with van der Waals surface area (Å²) >= 11 is 6.09. The molecule has 1 aromatic heterocycles. The molecule has 1 saturated heterocycles. The minimum Gasteiger partial charge on any atom is -0.369 e. The first kappa shape index (κ1) is 18.5. The first-order valence-electron chi connectivity index (χ1n) is 8.80. The van der Waals surface area contributed by atoms with Crippen LogP contribution in [0.1, 0.15) is 19.0 Å². The van der Waals surface area contributed by atoms with Crippen molar-refractivity contribution in [2.75, 3.05) is 24.5 Å². The van der Waals surface area contributed by atoms with Crippen LogP contribution in [0, 0.1) is 5.82 Å². The summed E-state index contributed by atoms with van der Waals surface area (Å²) < 4.78 is 13.7. The molecule has 5 nitrogen and oxygen atoms in total. The molecule has 2 N–H and O–H groups in total. The molecule has 0 aliphatic carbocycles. The van der Waals surface area contributed by atoms with Gasteiger partial charge in [-0.3, -0.25) is 4.98 Å². The third-order valence-electron chi connectivity index (χ3n) is 4.27. The monoisotopic (exact) mass is 375 g/mol. The number of pyridine rings is 1. The van der Waals surface area contributed by atoms with E-state index in [-0.39, 0.29) is 18.4 Å². The lowest BCUT2D eigenvalue weighted by atomic mass is 10.2. The molecule has 3 rings (SSSR count). The van der Waals surface area contributed by atoms with Crippen molar-refractivity contribution in [2.45, 2.75) is 25.9 Å². The van der Waals surface area contributed by atoms with E-state index in [0.717, 1.165) is 36.8 Å². The first-order valence-corrected chi connectivity index (χ1v) is 9.18. The Bertz CT molecular complexity index is 767. The number of halogens is 2. The Kier molecular flexibility index (Phi) is 6.28. The molecule has 0 spiro atoms. The highest BCUT2D eigenvalue weighted by atomic mass is 35.5. The lowest BCUT2D eigenvalue weighted by Gasteiger charge is -2.20. The van der Waals surface area contributed by atoms with Crippen LogP contribution < -0.4 is 15.5 Å². The molecule has 1 unspecified atom stereocenters. The van der Waals surface area contributed by atoms with Crippen LogP contribution in [0.25, 0.3) is 0 Å². The van der Waals surface area contributed by atoms with Gasteiger partial charge in [0.1, 0.15) is 5.82 Å². The lowest BCUT2D eigenvalue weighted by Crippen LogP contribution is -2.44. The molecule has 0 bridgehead atoms. The number of nitrogens with zero attached hydrogens (tertiary/aromatic N) is 3. The number of aromatic nitrogens is 1. The smallest absolute Gasteiger partial charge is 0.191 e. The average Bonchev–Trinajstić information content (AvgIpc) is 3.10. The average molecular weight is 376 g/mol. The van der Waals surface area contributed by atoms with E-state index in [4.69, 9.17) is 11.6 Å². The molecule has 1 fully saturated rings. The fourth-order valence-corrected chi connectivity index (χ4v) is 3.17. The molecule has 0 saturated carbocycles. The highest BCUT2D eigenvalue weighted by Gasteiger charge is 2.23. The largest absolute Gasteiger partial charge is 0.369 e. The molecule has 0 radical (unpaired) electrons. The zero-order valence-corrected chi connectivity index (χ0v) is 15.5. The zero-order chi connectivity index (χ0) is 18.4. The summed E-state index contributed by atoms with van der Waals surface area (Å²) in [5.74, 6) is 0.343. The molecule has 7 heteroatoms. The van der Waals surface area contributed by atoms with Crippen molar-refractivity contribution in [3.05, 3.63) is 59.1 Å². The van der Waals surface area contributed by atoms with Crippen LogP contribution in [0.4, 0.5) is 10.1 Å². The van der Waals surface area contributed by atoms with Crippen molar-refractivity contribution < 1.29 is 4.39 Å². The molecular weight excluding hydrogens is 353 g/mol. The van der Waals surface area contributed by atoms with Crippen molar-refractivity contribution >= 4 is 23.2 Å². The number of aliphatic imine (C=N–C) groups is 1. The maximum atomic E-state index is 13.7. The van der Waals surface area contributed by atoms with Gasteiger partial charge in [-0.15, -0.1) is 0 Å². The standard InChI is InChI=1S/C19H23ClFN5/c1-2-22-19(24-12-18-17(21)7-4-9-23-18)25-15-8-10-26(13-15)16-6-3-5-14(20)11-16/h3-7,9,11,15H,2,8,10,12-13H2,1H3,(H2,22,24,25). The first-order chi connectivity index (χ1) is 12.7. The van der Waals surface area contributed by atoms with E-state index in [1.165, 1.54) is 6.07 Å². The van der Waals surface area contributed by atoms with Gasteiger partial charge in [0.15, 0.2) is 5.96 Å². The van der Waals surface area contributed by atoms with Gasteiger partial charge in [-0.25, -0.2) is 9.38 Å².